The molecule has 0 radical (unpaired) electrons. The molecule has 178 valence electrons. The minimum Gasteiger partial charge on any atom is -0.378 e. The Morgan fingerprint density at radius 3 is 2.70 bits per heavy atom. The minimum absolute atomic E-state index is 0.218. The molecular weight excluding hydrogens is 416 g/mol. The van der Waals surface area contributed by atoms with Gasteiger partial charge in [0.25, 0.3) is 0 Å². The summed E-state index contributed by atoms with van der Waals surface area (Å²) >= 11 is 0. The van der Waals surface area contributed by atoms with Crippen LogP contribution in [0.15, 0.2) is 35.4 Å². The highest BCUT2D eigenvalue weighted by atomic mass is 16.5. The Balaban J connectivity index is 1.65. The highest BCUT2D eigenvalue weighted by molar-refractivity contribution is 5.80. The zero-order valence-electron chi connectivity index (χ0n) is 20.1. The highest BCUT2D eigenvalue weighted by Crippen LogP contribution is 2.19. The van der Waals surface area contributed by atoms with Gasteiger partial charge in [-0.1, -0.05) is 29.8 Å². The van der Waals surface area contributed by atoms with Crippen LogP contribution in [0.2, 0.25) is 0 Å². The van der Waals surface area contributed by atoms with Gasteiger partial charge in [-0.3, -0.25) is 10.2 Å². The fraction of sp³-hybridized carbons (Fsp3) is 0.520. The number of aryl methyl sites for hydroxylation is 2. The van der Waals surface area contributed by atoms with E-state index in [1.54, 1.807) is 6.21 Å². The number of anilines is 2. The van der Waals surface area contributed by atoms with Crippen molar-refractivity contribution in [1.29, 1.82) is 0 Å². The Hall–Kier alpha value is -3.00. The number of hydrogen-bond acceptors (Lipinski definition) is 7. The molecule has 3 rings (SSSR count). The van der Waals surface area contributed by atoms with E-state index < -0.39 is 0 Å². The first-order valence-electron chi connectivity index (χ1n) is 11.9. The van der Waals surface area contributed by atoms with Crippen LogP contribution < -0.4 is 10.3 Å². The number of nitrogens with one attached hydrogen (secondary N) is 1. The maximum atomic E-state index is 12.2. The van der Waals surface area contributed by atoms with Crippen LogP contribution in [0.5, 0.6) is 0 Å². The summed E-state index contributed by atoms with van der Waals surface area (Å²) in [6.07, 6.45) is 4.78. The van der Waals surface area contributed by atoms with Crippen molar-refractivity contribution < 1.29 is 9.53 Å². The number of carbonyl (C=O) groups excluding carboxylic acids is 1. The van der Waals surface area contributed by atoms with E-state index in [0.717, 1.165) is 62.6 Å². The first-order chi connectivity index (χ1) is 16.1. The van der Waals surface area contributed by atoms with E-state index in [2.05, 4.69) is 39.5 Å². The first-order valence-corrected chi connectivity index (χ1v) is 11.9. The molecule has 0 bridgehead atoms. The molecule has 2 aromatic rings. The summed E-state index contributed by atoms with van der Waals surface area (Å²) in [5, 5.41) is 4.38. The smallest absolute Gasteiger partial charge is 0.222 e. The summed E-state index contributed by atoms with van der Waals surface area (Å²) in [6, 6.07) is 10.1. The van der Waals surface area contributed by atoms with Crippen molar-refractivity contribution >= 4 is 23.8 Å². The summed E-state index contributed by atoms with van der Waals surface area (Å²) in [5.41, 5.74) is 5.29. The third kappa shape index (κ3) is 7.82. The lowest BCUT2D eigenvalue weighted by Gasteiger charge is -2.28. The molecule has 8 heteroatoms. The second-order valence-electron chi connectivity index (χ2n) is 8.18. The molecule has 8 nitrogen and oxygen atoms in total. The molecule has 1 aliphatic rings. The zero-order chi connectivity index (χ0) is 23.5. The van der Waals surface area contributed by atoms with Gasteiger partial charge in [-0.25, -0.2) is 9.97 Å². The molecule has 1 aromatic carbocycles. The Morgan fingerprint density at radius 1 is 1.18 bits per heavy atom. The molecule has 1 aliphatic heterocycles. The van der Waals surface area contributed by atoms with E-state index in [1.807, 2.05) is 36.9 Å². The Bertz CT molecular complexity index is 923. The van der Waals surface area contributed by atoms with Crippen molar-refractivity contribution in [1.82, 2.24) is 14.9 Å². The normalized spacial score (nSPS) is 14.0. The van der Waals surface area contributed by atoms with Gasteiger partial charge in [-0.15, -0.1) is 0 Å². The van der Waals surface area contributed by atoms with Crippen LogP contribution in [0.1, 0.15) is 50.1 Å². The number of unbranched alkanes of at least 4 members (excludes halogenated alkanes) is 1. The van der Waals surface area contributed by atoms with Crippen molar-refractivity contribution in [3.8, 4) is 0 Å². The van der Waals surface area contributed by atoms with Crippen LogP contribution in [0.3, 0.4) is 0 Å². The summed E-state index contributed by atoms with van der Waals surface area (Å²) in [5.74, 6) is 2.54. The predicted octanol–water partition coefficient (Wildman–Crippen LogP) is 3.65. The van der Waals surface area contributed by atoms with Crippen molar-refractivity contribution in [3.05, 3.63) is 47.3 Å². The fourth-order valence-electron chi connectivity index (χ4n) is 3.82. The molecule has 0 atom stereocenters. The third-order valence-corrected chi connectivity index (χ3v) is 5.69. The summed E-state index contributed by atoms with van der Waals surface area (Å²) in [4.78, 5) is 25.8. The monoisotopic (exact) mass is 452 g/mol. The van der Waals surface area contributed by atoms with Gasteiger partial charge in [0, 0.05) is 45.1 Å². The number of benzene rings is 1. The molecule has 1 N–H and O–H groups in total. The van der Waals surface area contributed by atoms with E-state index in [-0.39, 0.29) is 5.91 Å². The van der Waals surface area contributed by atoms with E-state index in [4.69, 9.17) is 9.72 Å². The van der Waals surface area contributed by atoms with Crippen molar-refractivity contribution in [2.75, 3.05) is 49.7 Å². The van der Waals surface area contributed by atoms with Gasteiger partial charge >= 0.3 is 0 Å². The molecule has 1 fully saturated rings. The lowest BCUT2D eigenvalue weighted by Crippen LogP contribution is -2.37. The van der Waals surface area contributed by atoms with Gasteiger partial charge in [-0.2, -0.15) is 5.10 Å². The molecule has 1 amide bonds. The average molecular weight is 453 g/mol. The molecule has 1 saturated heterocycles. The van der Waals surface area contributed by atoms with Gasteiger partial charge in [0.15, 0.2) is 5.82 Å². The molecule has 0 unspecified atom stereocenters. The molecule has 1 aromatic heterocycles. The van der Waals surface area contributed by atoms with Gasteiger partial charge in [0.2, 0.25) is 5.91 Å². The quantitative estimate of drug-likeness (QED) is 0.318. The predicted molar refractivity (Wildman–Crippen MR) is 133 cm³/mol. The van der Waals surface area contributed by atoms with E-state index in [0.29, 0.717) is 25.5 Å². The number of rotatable bonds is 11. The topological polar surface area (TPSA) is 83.0 Å². The lowest BCUT2D eigenvalue weighted by atomic mass is 10.1. The Labute approximate surface area is 197 Å². The van der Waals surface area contributed by atoms with Crippen molar-refractivity contribution in [2.24, 2.45) is 5.10 Å². The molecule has 0 spiro atoms. The van der Waals surface area contributed by atoms with Gasteiger partial charge in [0.1, 0.15) is 11.6 Å². The SMILES string of the molecule is CCN(CC)C(=O)CCCCc1nc(N/N=C/c2cccc(C)c2)cc(N2CCOCC2)n1. The number of ether oxygens (including phenoxy) is 1. The second-order valence-corrected chi connectivity index (χ2v) is 8.18. The largest absolute Gasteiger partial charge is 0.378 e. The Kier molecular flexibility index (Phi) is 9.62. The van der Waals surface area contributed by atoms with Crippen LogP contribution in [-0.4, -0.2) is 66.4 Å². The summed E-state index contributed by atoms with van der Waals surface area (Å²) in [7, 11) is 0. The fourth-order valence-corrected chi connectivity index (χ4v) is 3.82. The van der Waals surface area contributed by atoms with Crippen LogP contribution in [0.25, 0.3) is 0 Å². The van der Waals surface area contributed by atoms with Crippen LogP contribution in [-0.2, 0) is 16.0 Å². The van der Waals surface area contributed by atoms with E-state index in [9.17, 15) is 4.79 Å². The number of morpholine rings is 1. The summed E-state index contributed by atoms with van der Waals surface area (Å²) in [6.45, 7) is 10.6. The molecule has 0 saturated carbocycles. The number of hydrazone groups is 1. The number of hydrogen-bond donors (Lipinski definition) is 1. The third-order valence-electron chi connectivity index (χ3n) is 5.69. The zero-order valence-corrected chi connectivity index (χ0v) is 20.1. The van der Waals surface area contributed by atoms with Crippen molar-refractivity contribution in [2.45, 2.75) is 46.5 Å². The second kappa shape index (κ2) is 12.9. The maximum Gasteiger partial charge on any atom is 0.222 e. The molecule has 0 aliphatic carbocycles. The number of amides is 1. The molecule has 2 heterocycles. The number of aromatic nitrogens is 2. The number of nitrogens with zero attached hydrogens (tertiary/aromatic N) is 5. The lowest BCUT2D eigenvalue weighted by molar-refractivity contribution is -0.130. The average Bonchev–Trinajstić information content (AvgIpc) is 2.83. The van der Waals surface area contributed by atoms with Gasteiger partial charge in [0.05, 0.1) is 19.4 Å². The minimum atomic E-state index is 0.218. The van der Waals surface area contributed by atoms with E-state index in [1.165, 1.54) is 5.56 Å². The van der Waals surface area contributed by atoms with Crippen molar-refractivity contribution in [3.63, 3.8) is 0 Å². The van der Waals surface area contributed by atoms with Crippen LogP contribution in [0.4, 0.5) is 11.6 Å². The standard InChI is InChI=1S/C25H36N6O2/c1-4-30(5-2)25(32)12-7-6-11-22-27-23(18-24(28-22)31-13-15-33-16-14-31)29-26-19-21-10-8-9-20(3)17-21/h8-10,17-19H,4-7,11-16H2,1-3H3,(H,27,28,29)/b26-19+. The first kappa shape index (κ1) is 24.6. The maximum absolute atomic E-state index is 12.2. The summed E-state index contributed by atoms with van der Waals surface area (Å²) < 4.78 is 5.48. The molecule has 33 heavy (non-hydrogen) atoms. The van der Waals surface area contributed by atoms with Crippen LogP contribution >= 0.6 is 0 Å². The Morgan fingerprint density at radius 2 is 1.97 bits per heavy atom. The molecular formula is C25H36N6O2. The van der Waals surface area contributed by atoms with Gasteiger partial charge in [-0.05, 0) is 39.2 Å². The van der Waals surface area contributed by atoms with Gasteiger partial charge < -0.3 is 14.5 Å². The van der Waals surface area contributed by atoms with Crippen LogP contribution in [0, 0.1) is 6.92 Å². The number of carbonyl (C=O) groups is 1. The highest BCUT2D eigenvalue weighted by Gasteiger charge is 2.15. The van der Waals surface area contributed by atoms with E-state index >= 15 is 0 Å².